The molecule has 1 saturated heterocycles. The monoisotopic (exact) mass is 132 g/mol. The van der Waals surface area contributed by atoms with Crippen molar-refractivity contribution in [2.24, 2.45) is 0 Å². The molecule has 0 bridgehead atoms. The molecule has 2 unspecified atom stereocenters. The molecule has 52 valence electrons. The van der Waals surface area contributed by atoms with Crippen LogP contribution in [0.15, 0.2) is 0 Å². The fourth-order valence-electron chi connectivity index (χ4n) is 0.588. The van der Waals surface area contributed by atoms with E-state index in [0.717, 1.165) is 0 Å². The van der Waals surface area contributed by atoms with Crippen LogP contribution in [-0.4, -0.2) is 35.0 Å². The summed E-state index contributed by atoms with van der Waals surface area (Å²) in [5.74, 6) is -0.988. The van der Waals surface area contributed by atoms with Crippen molar-refractivity contribution in [1.29, 1.82) is 0 Å². The molecular formula is C5H8O4. The third-order valence-electron chi connectivity index (χ3n) is 1.17. The molecule has 0 aromatic heterocycles. The maximum Gasteiger partial charge on any atom is 0.306 e. The number of rotatable bonds is 3. The summed E-state index contributed by atoms with van der Waals surface area (Å²) in [4.78, 5) is 9.93. The average Bonchev–Trinajstić information content (AvgIpc) is 2.40. The van der Waals surface area contributed by atoms with Crippen molar-refractivity contribution < 1.29 is 19.7 Å². The number of hydrogen-bond acceptors (Lipinski definition) is 3. The van der Waals surface area contributed by atoms with Gasteiger partial charge in [0.15, 0.2) is 0 Å². The van der Waals surface area contributed by atoms with Gasteiger partial charge >= 0.3 is 5.97 Å². The van der Waals surface area contributed by atoms with E-state index in [9.17, 15) is 4.79 Å². The van der Waals surface area contributed by atoms with Gasteiger partial charge in [-0.15, -0.1) is 0 Å². The van der Waals surface area contributed by atoms with Crippen LogP contribution < -0.4 is 0 Å². The SMILES string of the molecule is O=C(O)CC(O)C1CO1. The summed E-state index contributed by atoms with van der Waals surface area (Å²) in [6, 6.07) is 0. The zero-order valence-electron chi connectivity index (χ0n) is 4.78. The van der Waals surface area contributed by atoms with Gasteiger partial charge in [-0.25, -0.2) is 0 Å². The predicted molar refractivity (Wildman–Crippen MR) is 28.0 cm³/mol. The van der Waals surface area contributed by atoms with Gasteiger partial charge in [0.1, 0.15) is 6.10 Å². The molecule has 2 N–H and O–H groups in total. The minimum Gasteiger partial charge on any atom is -0.481 e. The van der Waals surface area contributed by atoms with E-state index in [0.29, 0.717) is 6.61 Å². The Bertz CT molecular complexity index is 118. The van der Waals surface area contributed by atoms with Crippen LogP contribution in [0.4, 0.5) is 0 Å². The molecule has 9 heavy (non-hydrogen) atoms. The Kier molecular flexibility index (Phi) is 1.68. The van der Waals surface area contributed by atoms with Crippen LogP contribution in [0.2, 0.25) is 0 Å². The van der Waals surface area contributed by atoms with E-state index < -0.39 is 12.1 Å². The lowest BCUT2D eigenvalue weighted by atomic mass is 10.2. The molecule has 1 aliphatic rings. The molecule has 1 rings (SSSR count). The van der Waals surface area contributed by atoms with Gasteiger partial charge in [-0.1, -0.05) is 0 Å². The number of epoxide rings is 1. The van der Waals surface area contributed by atoms with Crippen LogP contribution in [0, 0.1) is 0 Å². The second-order valence-corrected chi connectivity index (χ2v) is 2.04. The number of aliphatic hydroxyl groups excluding tert-OH is 1. The molecule has 2 atom stereocenters. The molecule has 0 spiro atoms. The van der Waals surface area contributed by atoms with E-state index in [1.807, 2.05) is 0 Å². The first kappa shape index (κ1) is 6.51. The van der Waals surface area contributed by atoms with Gasteiger partial charge in [-0.2, -0.15) is 0 Å². The highest BCUT2D eigenvalue weighted by atomic mass is 16.6. The highest BCUT2D eigenvalue weighted by Crippen LogP contribution is 2.15. The molecule has 0 aromatic carbocycles. The van der Waals surface area contributed by atoms with Crippen LogP contribution >= 0.6 is 0 Å². The summed E-state index contributed by atoms with van der Waals surface area (Å²) in [6.07, 6.45) is -1.26. The third kappa shape index (κ3) is 1.99. The molecule has 1 heterocycles. The largest absolute Gasteiger partial charge is 0.481 e. The van der Waals surface area contributed by atoms with E-state index >= 15 is 0 Å². The smallest absolute Gasteiger partial charge is 0.306 e. The van der Waals surface area contributed by atoms with E-state index in [2.05, 4.69) is 4.74 Å². The second-order valence-electron chi connectivity index (χ2n) is 2.04. The Balaban J connectivity index is 2.17. The van der Waals surface area contributed by atoms with Gasteiger partial charge in [0.25, 0.3) is 0 Å². The minimum absolute atomic E-state index is 0.218. The van der Waals surface area contributed by atoms with E-state index in [4.69, 9.17) is 10.2 Å². The molecule has 0 saturated carbocycles. The molecule has 0 aromatic rings. The van der Waals surface area contributed by atoms with Crippen molar-refractivity contribution in [3.8, 4) is 0 Å². The van der Waals surface area contributed by atoms with E-state index in [1.165, 1.54) is 0 Å². The minimum atomic E-state index is -0.988. The quantitative estimate of drug-likeness (QED) is 0.494. The third-order valence-corrected chi connectivity index (χ3v) is 1.17. The molecule has 4 heteroatoms. The summed E-state index contributed by atoms with van der Waals surface area (Å²) >= 11 is 0. The number of aliphatic hydroxyl groups is 1. The van der Waals surface area contributed by atoms with Crippen LogP contribution in [0.25, 0.3) is 0 Å². The maximum atomic E-state index is 9.93. The van der Waals surface area contributed by atoms with Crippen molar-refractivity contribution in [2.45, 2.75) is 18.6 Å². The van der Waals surface area contributed by atoms with E-state index in [-0.39, 0.29) is 12.5 Å². The Morgan fingerprint density at radius 3 is 2.78 bits per heavy atom. The fourth-order valence-corrected chi connectivity index (χ4v) is 0.588. The van der Waals surface area contributed by atoms with Crippen LogP contribution in [0.1, 0.15) is 6.42 Å². The molecule has 0 radical (unpaired) electrons. The molecule has 0 amide bonds. The average molecular weight is 132 g/mol. The topological polar surface area (TPSA) is 70.1 Å². The van der Waals surface area contributed by atoms with Gasteiger partial charge in [-0.05, 0) is 0 Å². The lowest BCUT2D eigenvalue weighted by Crippen LogP contribution is -2.18. The van der Waals surface area contributed by atoms with Crippen molar-refractivity contribution >= 4 is 5.97 Å². The molecule has 1 aliphatic heterocycles. The van der Waals surface area contributed by atoms with Gasteiger partial charge in [0.05, 0.1) is 19.1 Å². The van der Waals surface area contributed by atoms with Gasteiger partial charge in [-0.3, -0.25) is 4.79 Å². The van der Waals surface area contributed by atoms with E-state index in [1.54, 1.807) is 0 Å². The zero-order valence-corrected chi connectivity index (χ0v) is 4.78. The molecule has 1 fully saturated rings. The highest BCUT2D eigenvalue weighted by Gasteiger charge is 2.32. The number of carboxylic acid groups (broad SMARTS) is 1. The Labute approximate surface area is 52.1 Å². The number of aliphatic carboxylic acids is 1. The number of carbonyl (C=O) groups is 1. The van der Waals surface area contributed by atoms with Crippen molar-refractivity contribution in [3.05, 3.63) is 0 Å². The zero-order chi connectivity index (χ0) is 6.85. The lowest BCUT2D eigenvalue weighted by Gasteiger charge is -2.00. The van der Waals surface area contributed by atoms with Gasteiger partial charge in [0.2, 0.25) is 0 Å². The normalized spacial score (nSPS) is 27.4. The van der Waals surface area contributed by atoms with Crippen molar-refractivity contribution in [1.82, 2.24) is 0 Å². The summed E-state index contributed by atoms with van der Waals surface area (Å²) < 4.78 is 4.66. The first-order valence-electron chi connectivity index (χ1n) is 2.71. The maximum absolute atomic E-state index is 9.93. The summed E-state index contributed by atoms with van der Waals surface area (Å²) in [5.41, 5.74) is 0. The fraction of sp³-hybridized carbons (Fsp3) is 0.800. The predicted octanol–water partition coefficient (Wildman–Crippen LogP) is -0.779. The van der Waals surface area contributed by atoms with Crippen LogP contribution in [0.3, 0.4) is 0 Å². The molecule has 4 nitrogen and oxygen atoms in total. The number of hydrogen-bond donors (Lipinski definition) is 2. The lowest BCUT2D eigenvalue weighted by molar-refractivity contribution is -0.139. The first-order chi connectivity index (χ1) is 4.20. The Morgan fingerprint density at radius 1 is 1.89 bits per heavy atom. The Morgan fingerprint density at radius 2 is 2.44 bits per heavy atom. The summed E-state index contributed by atoms with van der Waals surface area (Å²) in [6.45, 7) is 0.494. The Hall–Kier alpha value is -0.610. The second kappa shape index (κ2) is 2.33. The van der Waals surface area contributed by atoms with Gasteiger partial charge in [0, 0.05) is 0 Å². The molecular weight excluding hydrogens is 124 g/mol. The highest BCUT2D eigenvalue weighted by molar-refractivity contribution is 5.67. The molecule has 0 aliphatic carbocycles. The first-order valence-corrected chi connectivity index (χ1v) is 2.71. The van der Waals surface area contributed by atoms with Crippen molar-refractivity contribution in [3.63, 3.8) is 0 Å². The van der Waals surface area contributed by atoms with Crippen LogP contribution in [0.5, 0.6) is 0 Å². The van der Waals surface area contributed by atoms with Crippen molar-refractivity contribution in [2.75, 3.05) is 6.61 Å². The van der Waals surface area contributed by atoms with Crippen LogP contribution in [-0.2, 0) is 9.53 Å². The summed E-state index contributed by atoms with van der Waals surface area (Å²) in [7, 11) is 0. The summed E-state index contributed by atoms with van der Waals surface area (Å²) in [5, 5.41) is 17.0. The standard InChI is InChI=1S/C5H8O4/c6-3(1-5(7)8)4-2-9-4/h3-4,6H,1-2H2,(H,7,8). The number of carboxylic acids is 1. The van der Waals surface area contributed by atoms with Gasteiger partial charge < -0.3 is 14.9 Å². The number of ether oxygens (including phenoxy) is 1.